The fraction of sp³-hybridized carbons (Fsp3) is 0.154. The summed E-state index contributed by atoms with van der Waals surface area (Å²) in [7, 11) is -3.72. The van der Waals surface area contributed by atoms with Crippen LogP contribution in [0.2, 0.25) is 0 Å². The second kappa shape index (κ2) is 4.89. The van der Waals surface area contributed by atoms with E-state index in [2.05, 4.69) is 9.71 Å². The number of pyridine rings is 1. The van der Waals surface area contributed by atoms with E-state index in [9.17, 15) is 8.42 Å². The van der Waals surface area contributed by atoms with E-state index >= 15 is 0 Å². The highest BCUT2D eigenvalue weighted by Gasteiger charge is 2.18. The SMILES string of the molecule is Cc1ccc(NS(=O)(=O)c2cccnc2N)c(C)c1. The number of benzene rings is 1. The highest BCUT2D eigenvalue weighted by molar-refractivity contribution is 7.92. The zero-order valence-corrected chi connectivity index (χ0v) is 11.5. The van der Waals surface area contributed by atoms with Gasteiger partial charge in [-0.1, -0.05) is 17.7 Å². The molecule has 5 nitrogen and oxygen atoms in total. The zero-order valence-electron chi connectivity index (χ0n) is 10.7. The van der Waals surface area contributed by atoms with Crippen LogP contribution < -0.4 is 10.5 Å². The van der Waals surface area contributed by atoms with Crippen LogP contribution in [0.3, 0.4) is 0 Å². The molecule has 0 fully saturated rings. The molecule has 100 valence electrons. The number of aryl methyl sites for hydroxylation is 2. The lowest BCUT2D eigenvalue weighted by molar-refractivity contribution is 0.601. The van der Waals surface area contributed by atoms with E-state index in [1.54, 1.807) is 6.07 Å². The Morgan fingerprint density at radius 3 is 2.58 bits per heavy atom. The van der Waals surface area contributed by atoms with E-state index in [0.29, 0.717) is 5.69 Å². The Bertz CT molecular complexity index is 712. The lowest BCUT2D eigenvalue weighted by Crippen LogP contribution is -2.16. The number of nitrogen functional groups attached to an aromatic ring is 1. The average molecular weight is 277 g/mol. The number of nitrogens with two attached hydrogens (primary N) is 1. The van der Waals surface area contributed by atoms with Crippen molar-refractivity contribution in [1.82, 2.24) is 4.98 Å². The van der Waals surface area contributed by atoms with Gasteiger partial charge >= 0.3 is 0 Å². The number of aromatic nitrogens is 1. The van der Waals surface area contributed by atoms with Gasteiger partial charge in [0.25, 0.3) is 10.0 Å². The smallest absolute Gasteiger partial charge is 0.265 e. The molecule has 6 heteroatoms. The maximum Gasteiger partial charge on any atom is 0.265 e. The summed E-state index contributed by atoms with van der Waals surface area (Å²) in [4.78, 5) is 3.76. The van der Waals surface area contributed by atoms with Crippen molar-refractivity contribution in [1.29, 1.82) is 0 Å². The molecule has 0 aliphatic rings. The Balaban J connectivity index is 2.40. The third-order valence-corrected chi connectivity index (χ3v) is 4.13. The van der Waals surface area contributed by atoms with E-state index in [0.717, 1.165) is 11.1 Å². The van der Waals surface area contributed by atoms with E-state index in [-0.39, 0.29) is 10.7 Å². The molecule has 1 aromatic carbocycles. The number of sulfonamides is 1. The standard InChI is InChI=1S/C13H15N3O2S/c1-9-5-6-11(10(2)8-9)16-19(17,18)12-4-3-7-15-13(12)14/h3-8,16H,1-2H3,(H2,14,15). The van der Waals surface area contributed by atoms with Crippen LogP contribution in [0.15, 0.2) is 41.4 Å². The minimum absolute atomic E-state index is 0.0141. The quantitative estimate of drug-likeness (QED) is 0.899. The van der Waals surface area contributed by atoms with Crippen LogP contribution in [0.4, 0.5) is 11.5 Å². The summed E-state index contributed by atoms with van der Waals surface area (Å²) in [6.45, 7) is 3.79. The lowest BCUT2D eigenvalue weighted by atomic mass is 10.1. The van der Waals surface area contributed by atoms with Crippen molar-refractivity contribution in [2.24, 2.45) is 0 Å². The van der Waals surface area contributed by atoms with Gasteiger partial charge in [0, 0.05) is 6.20 Å². The number of anilines is 2. The van der Waals surface area contributed by atoms with Crippen molar-refractivity contribution in [3.63, 3.8) is 0 Å². The topological polar surface area (TPSA) is 85.1 Å². The van der Waals surface area contributed by atoms with Gasteiger partial charge < -0.3 is 5.73 Å². The van der Waals surface area contributed by atoms with Gasteiger partial charge in [0.05, 0.1) is 5.69 Å². The summed E-state index contributed by atoms with van der Waals surface area (Å²) in [6, 6.07) is 8.44. The summed E-state index contributed by atoms with van der Waals surface area (Å²) in [5.41, 5.74) is 8.05. The second-order valence-corrected chi connectivity index (χ2v) is 5.96. The Kier molecular flexibility index (Phi) is 3.44. The van der Waals surface area contributed by atoms with E-state index in [1.807, 2.05) is 26.0 Å². The molecule has 0 bridgehead atoms. The first-order chi connectivity index (χ1) is 8.90. The molecule has 0 saturated heterocycles. The van der Waals surface area contributed by atoms with Gasteiger partial charge in [0.15, 0.2) is 0 Å². The summed E-state index contributed by atoms with van der Waals surface area (Å²) in [6.07, 6.45) is 1.45. The molecule has 0 unspecified atom stereocenters. The molecule has 1 heterocycles. The molecule has 0 amide bonds. The van der Waals surface area contributed by atoms with Gasteiger partial charge in [-0.2, -0.15) is 0 Å². The third-order valence-electron chi connectivity index (χ3n) is 2.72. The minimum atomic E-state index is -3.72. The number of nitrogens with zero attached hydrogens (tertiary/aromatic N) is 1. The number of hydrogen-bond acceptors (Lipinski definition) is 4. The first kappa shape index (κ1) is 13.4. The van der Waals surface area contributed by atoms with Crippen LogP contribution in [-0.2, 0) is 10.0 Å². The molecule has 1 aromatic heterocycles. The first-order valence-corrected chi connectivity index (χ1v) is 7.19. The predicted octanol–water partition coefficient (Wildman–Crippen LogP) is 2.08. The molecule has 3 N–H and O–H groups in total. The number of nitrogens with one attached hydrogen (secondary N) is 1. The van der Waals surface area contributed by atoms with Crippen molar-refractivity contribution in [2.45, 2.75) is 18.7 Å². The van der Waals surface area contributed by atoms with Gasteiger partial charge in [-0.25, -0.2) is 13.4 Å². The highest BCUT2D eigenvalue weighted by Crippen LogP contribution is 2.22. The summed E-state index contributed by atoms with van der Waals surface area (Å²) in [5.74, 6) is -0.0141. The Morgan fingerprint density at radius 2 is 1.95 bits per heavy atom. The van der Waals surface area contributed by atoms with Gasteiger partial charge in [-0.15, -0.1) is 0 Å². The molecule has 2 aromatic rings. The highest BCUT2D eigenvalue weighted by atomic mass is 32.2. The maximum atomic E-state index is 12.2. The average Bonchev–Trinajstić information content (AvgIpc) is 2.33. The molecule has 0 aliphatic heterocycles. The lowest BCUT2D eigenvalue weighted by Gasteiger charge is -2.12. The Labute approximate surface area is 112 Å². The van der Waals surface area contributed by atoms with Gasteiger partial charge in [-0.05, 0) is 37.6 Å². The van der Waals surface area contributed by atoms with Crippen LogP contribution in [-0.4, -0.2) is 13.4 Å². The van der Waals surface area contributed by atoms with Crippen molar-refractivity contribution < 1.29 is 8.42 Å². The van der Waals surface area contributed by atoms with Crippen molar-refractivity contribution in [3.05, 3.63) is 47.7 Å². The van der Waals surface area contributed by atoms with Crippen LogP contribution in [0.25, 0.3) is 0 Å². The van der Waals surface area contributed by atoms with Gasteiger partial charge in [-0.3, -0.25) is 4.72 Å². The molecule has 19 heavy (non-hydrogen) atoms. The predicted molar refractivity (Wildman–Crippen MR) is 75.4 cm³/mol. The largest absolute Gasteiger partial charge is 0.383 e. The summed E-state index contributed by atoms with van der Waals surface area (Å²) >= 11 is 0. The van der Waals surface area contributed by atoms with Gasteiger partial charge in [0.1, 0.15) is 10.7 Å². The summed E-state index contributed by atoms with van der Waals surface area (Å²) in [5, 5.41) is 0. The Hall–Kier alpha value is -2.08. The van der Waals surface area contributed by atoms with E-state index < -0.39 is 10.0 Å². The molecule has 0 aliphatic carbocycles. The maximum absolute atomic E-state index is 12.2. The first-order valence-electron chi connectivity index (χ1n) is 5.71. The molecule has 2 rings (SSSR count). The number of rotatable bonds is 3. The normalized spacial score (nSPS) is 11.3. The van der Waals surface area contributed by atoms with E-state index in [4.69, 9.17) is 5.73 Å². The van der Waals surface area contributed by atoms with Gasteiger partial charge in [0.2, 0.25) is 0 Å². The molecular formula is C13H15N3O2S. The molecule has 0 radical (unpaired) electrons. The minimum Gasteiger partial charge on any atom is -0.383 e. The third kappa shape index (κ3) is 2.85. The van der Waals surface area contributed by atoms with Crippen LogP contribution in [0.5, 0.6) is 0 Å². The molecule has 0 spiro atoms. The van der Waals surface area contributed by atoms with Crippen molar-refractivity contribution in [3.8, 4) is 0 Å². The fourth-order valence-corrected chi connectivity index (χ4v) is 2.97. The van der Waals surface area contributed by atoms with E-state index in [1.165, 1.54) is 18.3 Å². The van der Waals surface area contributed by atoms with Crippen molar-refractivity contribution in [2.75, 3.05) is 10.5 Å². The monoisotopic (exact) mass is 277 g/mol. The zero-order chi connectivity index (χ0) is 14.0. The summed E-state index contributed by atoms with van der Waals surface area (Å²) < 4.78 is 27.0. The van der Waals surface area contributed by atoms with Crippen LogP contribution in [0, 0.1) is 13.8 Å². The van der Waals surface area contributed by atoms with Crippen LogP contribution in [0.1, 0.15) is 11.1 Å². The fourth-order valence-electron chi connectivity index (χ4n) is 1.76. The molecule has 0 saturated carbocycles. The molecular weight excluding hydrogens is 262 g/mol. The van der Waals surface area contributed by atoms with Crippen LogP contribution >= 0.6 is 0 Å². The Morgan fingerprint density at radius 1 is 1.21 bits per heavy atom. The number of hydrogen-bond donors (Lipinski definition) is 2. The molecule has 0 atom stereocenters. The second-order valence-electron chi connectivity index (χ2n) is 4.31. The van der Waals surface area contributed by atoms with Crippen molar-refractivity contribution >= 4 is 21.5 Å².